The van der Waals surface area contributed by atoms with Crippen LogP contribution in [0.4, 0.5) is 0 Å². The molecular weight excluding hydrogens is 118 g/mol. The Labute approximate surface area is 55.2 Å². The maximum absolute atomic E-state index is 8.32. The van der Waals surface area contributed by atoms with Gasteiger partial charge in [-0.2, -0.15) is 5.26 Å². The Morgan fingerprint density at radius 1 is 1.44 bits per heavy atom. The van der Waals surface area contributed by atoms with Crippen LogP contribution in [-0.4, -0.2) is 20.5 Å². The van der Waals surface area contributed by atoms with Gasteiger partial charge in [0.15, 0.2) is 6.29 Å². The maximum atomic E-state index is 8.32. The summed E-state index contributed by atoms with van der Waals surface area (Å²) in [4.78, 5) is 0. The first-order valence-electron chi connectivity index (χ1n) is 2.55. The predicted octanol–water partition coefficient (Wildman–Crippen LogP) is 0.723. The molecule has 0 aromatic carbocycles. The van der Waals surface area contributed by atoms with E-state index < -0.39 is 6.29 Å². The van der Waals surface area contributed by atoms with Crippen LogP contribution in [0.25, 0.3) is 0 Å². The van der Waals surface area contributed by atoms with Crippen molar-refractivity contribution in [3.05, 3.63) is 5.92 Å². The molecule has 3 heteroatoms. The lowest BCUT2D eigenvalue weighted by molar-refractivity contribution is -0.0849. The van der Waals surface area contributed by atoms with Crippen molar-refractivity contribution in [2.24, 2.45) is 0 Å². The Morgan fingerprint density at radius 3 is 2.00 bits per heavy atom. The Kier molecular flexibility index (Phi) is 4.02. The fourth-order valence-electron chi connectivity index (χ4n) is 0.502. The lowest BCUT2D eigenvalue weighted by Crippen LogP contribution is -2.19. The van der Waals surface area contributed by atoms with Gasteiger partial charge in [-0.3, -0.25) is 0 Å². The summed E-state index contributed by atoms with van der Waals surface area (Å²) in [6.07, 6.45) is -0.477. The molecule has 0 N–H and O–H groups in total. The maximum Gasteiger partial charge on any atom is 0.176 e. The highest BCUT2D eigenvalue weighted by molar-refractivity contribution is 5.09. The first-order valence-corrected chi connectivity index (χ1v) is 2.55. The van der Waals surface area contributed by atoms with Crippen LogP contribution in [0.5, 0.6) is 0 Å². The molecule has 0 fully saturated rings. The van der Waals surface area contributed by atoms with Crippen LogP contribution in [0.3, 0.4) is 0 Å². The van der Waals surface area contributed by atoms with E-state index in [4.69, 9.17) is 14.7 Å². The highest BCUT2D eigenvalue weighted by Crippen LogP contribution is 2.06. The zero-order chi connectivity index (χ0) is 7.28. The normalized spacial score (nSPS) is 10.2. The average molecular weight is 128 g/mol. The Hall–Kier alpha value is -0.590. The molecule has 0 amide bonds. The highest BCUT2D eigenvalue weighted by Gasteiger charge is 2.14. The molecule has 0 unspecified atom stereocenters. The van der Waals surface area contributed by atoms with Crippen LogP contribution in [-0.2, 0) is 9.47 Å². The molecule has 1 radical (unpaired) electrons. The largest absolute Gasteiger partial charge is 0.354 e. The fraction of sp³-hybridized carbons (Fsp3) is 0.667. The summed E-state index contributed by atoms with van der Waals surface area (Å²) in [7, 11) is 2.99. The molecule has 0 saturated carbocycles. The third-order valence-corrected chi connectivity index (χ3v) is 0.958. The van der Waals surface area contributed by atoms with Gasteiger partial charge in [0.25, 0.3) is 0 Å². The van der Waals surface area contributed by atoms with Crippen molar-refractivity contribution in [3.8, 4) is 6.07 Å². The summed E-state index contributed by atoms with van der Waals surface area (Å²) in [5.74, 6) is 0.528. The molecular formula is C6H10NO2. The molecule has 0 heterocycles. The first-order chi connectivity index (χ1) is 4.26. The summed E-state index contributed by atoms with van der Waals surface area (Å²) < 4.78 is 9.54. The Morgan fingerprint density at radius 2 is 1.89 bits per heavy atom. The minimum Gasteiger partial charge on any atom is -0.354 e. The zero-order valence-electron chi connectivity index (χ0n) is 5.84. The third-order valence-electron chi connectivity index (χ3n) is 0.958. The summed E-state index contributed by atoms with van der Waals surface area (Å²) in [5.41, 5.74) is 0. The SMILES string of the molecule is COC(OC)[C](C)C#N. The molecule has 0 aliphatic carbocycles. The van der Waals surface area contributed by atoms with Gasteiger partial charge in [0.2, 0.25) is 0 Å². The fourth-order valence-corrected chi connectivity index (χ4v) is 0.502. The number of hydrogen-bond donors (Lipinski definition) is 0. The second-order valence-electron chi connectivity index (χ2n) is 1.60. The van der Waals surface area contributed by atoms with E-state index in [0.29, 0.717) is 5.92 Å². The lowest BCUT2D eigenvalue weighted by Gasteiger charge is -2.13. The van der Waals surface area contributed by atoms with E-state index >= 15 is 0 Å². The molecule has 0 spiro atoms. The molecule has 0 aromatic rings. The number of hydrogen-bond acceptors (Lipinski definition) is 3. The zero-order valence-corrected chi connectivity index (χ0v) is 5.84. The van der Waals surface area contributed by atoms with E-state index in [1.807, 2.05) is 6.07 Å². The summed E-state index contributed by atoms with van der Waals surface area (Å²) in [6.45, 7) is 1.66. The standard InChI is InChI=1S/C6H10NO2/c1-5(4-7)6(8-2)9-3/h6H,1-3H3. The third kappa shape index (κ3) is 2.45. The number of methoxy groups -OCH3 is 2. The van der Waals surface area contributed by atoms with Crippen LogP contribution < -0.4 is 0 Å². The second-order valence-corrected chi connectivity index (χ2v) is 1.60. The van der Waals surface area contributed by atoms with E-state index in [1.165, 1.54) is 14.2 Å². The van der Waals surface area contributed by atoms with Crippen molar-refractivity contribution in [3.63, 3.8) is 0 Å². The van der Waals surface area contributed by atoms with Gasteiger partial charge >= 0.3 is 0 Å². The van der Waals surface area contributed by atoms with Crippen LogP contribution in [0.2, 0.25) is 0 Å². The molecule has 0 aliphatic rings. The van der Waals surface area contributed by atoms with E-state index in [-0.39, 0.29) is 0 Å². The topological polar surface area (TPSA) is 42.2 Å². The Balaban J connectivity index is 3.67. The minimum absolute atomic E-state index is 0.477. The van der Waals surface area contributed by atoms with E-state index in [9.17, 15) is 0 Å². The van der Waals surface area contributed by atoms with Crippen molar-refractivity contribution < 1.29 is 9.47 Å². The van der Waals surface area contributed by atoms with Gasteiger partial charge in [0.05, 0.1) is 6.07 Å². The smallest absolute Gasteiger partial charge is 0.176 e. The van der Waals surface area contributed by atoms with Gasteiger partial charge in [-0.1, -0.05) is 0 Å². The summed E-state index contributed by atoms with van der Waals surface area (Å²) >= 11 is 0. The molecule has 3 nitrogen and oxygen atoms in total. The molecule has 0 saturated heterocycles. The van der Waals surface area contributed by atoms with Crippen molar-refractivity contribution in [1.29, 1.82) is 5.26 Å². The highest BCUT2D eigenvalue weighted by atomic mass is 16.7. The quantitative estimate of drug-likeness (QED) is 0.526. The molecule has 0 aliphatic heterocycles. The van der Waals surface area contributed by atoms with Gasteiger partial charge in [0.1, 0.15) is 5.92 Å². The molecule has 51 valence electrons. The summed E-state index contributed by atoms with van der Waals surface area (Å²) in [6, 6.07) is 1.93. The van der Waals surface area contributed by atoms with Gasteiger partial charge in [0, 0.05) is 14.2 Å². The molecule has 0 atom stereocenters. The van der Waals surface area contributed by atoms with Crippen molar-refractivity contribution in [2.45, 2.75) is 13.2 Å². The van der Waals surface area contributed by atoms with Crippen LogP contribution >= 0.6 is 0 Å². The number of ether oxygens (including phenoxy) is 2. The lowest BCUT2D eigenvalue weighted by atomic mass is 10.2. The minimum atomic E-state index is -0.477. The number of nitrogens with zero attached hydrogens (tertiary/aromatic N) is 1. The van der Waals surface area contributed by atoms with E-state index in [0.717, 1.165) is 0 Å². The second kappa shape index (κ2) is 4.30. The van der Waals surface area contributed by atoms with E-state index in [1.54, 1.807) is 6.92 Å². The van der Waals surface area contributed by atoms with Gasteiger partial charge in [-0.05, 0) is 6.92 Å². The van der Waals surface area contributed by atoms with Gasteiger partial charge < -0.3 is 9.47 Å². The first kappa shape index (κ1) is 8.41. The van der Waals surface area contributed by atoms with Crippen molar-refractivity contribution >= 4 is 0 Å². The number of rotatable bonds is 3. The molecule has 0 aromatic heterocycles. The molecule has 0 bridgehead atoms. The van der Waals surface area contributed by atoms with Crippen molar-refractivity contribution in [2.75, 3.05) is 14.2 Å². The van der Waals surface area contributed by atoms with E-state index in [2.05, 4.69) is 0 Å². The van der Waals surface area contributed by atoms with Crippen LogP contribution in [0, 0.1) is 17.2 Å². The molecule has 9 heavy (non-hydrogen) atoms. The van der Waals surface area contributed by atoms with Crippen molar-refractivity contribution in [1.82, 2.24) is 0 Å². The molecule has 0 rings (SSSR count). The average Bonchev–Trinajstić information content (AvgIpc) is 1.90. The van der Waals surface area contributed by atoms with Crippen LogP contribution in [0.15, 0.2) is 0 Å². The van der Waals surface area contributed by atoms with Gasteiger partial charge in [-0.25, -0.2) is 0 Å². The van der Waals surface area contributed by atoms with Crippen LogP contribution in [0.1, 0.15) is 6.92 Å². The monoisotopic (exact) mass is 128 g/mol. The predicted molar refractivity (Wildman–Crippen MR) is 32.3 cm³/mol. The Bertz CT molecular complexity index is 104. The van der Waals surface area contributed by atoms with Gasteiger partial charge in [-0.15, -0.1) is 0 Å². The summed E-state index contributed by atoms with van der Waals surface area (Å²) in [5, 5.41) is 8.32. The number of nitriles is 1.